The molecular weight excluding hydrogens is 224 g/mol. The molecule has 0 heterocycles. The molecule has 0 fully saturated rings. The van der Waals surface area contributed by atoms with E-state index >= 15 is 0 Å². The first kappa shape index (κ1) is 15.3. The maximum Gasteiger partial charge on any atom is 0.248 e. The summed E-state index contributed by atoms with van der Waals surface area (Å²) in [6, 6.07) is 0. The number of rotatable bonds is 7. The molecule has 0 aromatic rings. The van der Waals surface area contributed by atoms with Crippen molar-refractivity contribution in [3.05, 3.63) is 24.0 Å². The predicted octanol–water partition coefficient (Wildman–Crippen LogP) is -0.384. The minimum absolute atomic E-state index is 0.183. The van der Waals surface area contributed by atoms with Crippen LogP contribution in [0.25, 0.3) is 0 Å². The lowest BCUT2D eigenvalue weighted by Crippen LogP contribution is -2.21. The van der Waals surface area contributed by atoms with Gasteiger partial charge >= 0.3 is 0 Å². The van der Waals surface area contributed by atoms with E-state index in [9.17, 15) is 9.59 Å². The van der Waals surface area contributed by atoms with E-state index in [0.717, 1.165) is 0 Å². The van der Waals surface area contributed by atoms with E-state index in [1.807, 2.05) is 0 Å². The number of aliphatic hydroxyl groups is 1. The molecule has 0 aliphatic rings. The van der Waals surface area contributed by atoms with Gasteiger partial charge in [0.25, 0.3) is 0 Å². The number of nitrogens with one attached hydrogen (secondary N) is 1. The first-order chi connectivity index (χ1) is 8.08. The molecule has 0 saturated heterocycles. The first-order valence-electron chi connectivity index (χ1n) is 5.04. The number of amides is 2. The van der Waals surface area contributed by atoms with Crippen LogP contribution in [0.3, 0.4) is 0 Å². The molecule has 6 nitrogen and oxygen atoms in total. The van der Waals surface area contributed by atoms with Crippen molar-refractivity contribution in [2.24, 2.45) is 0 Å². The highest BCUT2D eigenvalue weighted by atomic mass is 16.5. The molecule has 0 aliphatic carbocycles. The summed E-state index contributed by atoms with van der Waals surface area (Å²) in [5.74, 6) is -0.268. The van der Waals surface area contributed by atoms with Gasteiger partial charge in [0.1, 0.15) is 0 Å². The summed E-state index contributed by atoms with van der Waals surface area (Å²) in [5.41, 5.74) is 0.391. The average Bonchev–Trinajstić information content (AvgIpc) is 2.37. The second-order valence-electron chi connectivity index (χ2n) is 3.24. The Hall–Kier alpha value is -1.66. The summed E-state index contributed by atoms with van der Waals surface area (Å²) < 4.78 is 4.89. The zero-order valence-corrected chi connectivity index (χ0v) is 10.2. The van der Waals surface area contributed by atoms with Crippen molar-refractivity contribution >= 4 is 12.3 Å². The maximum absolute atomic E-state index is 11.2. The van der Waals surface area contributed by atoms with Gasteiger partial charge in [-0.05, 0) is 13.0 Å². The molecule has 0 aliphatic heterocycles. The van der Waals surface area contributed by atoms with Gasteiger partial charge in [-0.25, -0.2) is 0 Å². The van der Waals surface area contributed by atoms with Gasteiger partial charge < -0.3 is 15.2 Å². The van der Waals surface area contributed by atoms with Crippen LogP contribution in [0.5, 0.6) is 0 Å². The Morgan fingerprint density at radius 1 is 1.59 bits per heavy atom. The Morgan fingerprint density at radius 2 is 2.24 bits per heavy atom. The van der Waals surface area contributed by atoms with Crippen molar-refractivity contribution in [1.29, 1.82) is 0 Å². The van der Waals surface area contributed by atoms with Gasteiger partial charge in [-0.2, -0.15) is 0 Å². The Kier molecular flexibility index (Phi) is 7.66. The second-order valence-corrected chi connectivity index (χ2v) is 3.24. The van der Waals surface area contributed by atoms with Gasteiger partial charge in [0, 0.05) is 32.1 Å². The smallest absolute Gasteiger partial charge is 0.248 e. The van der Waals surface area contributed by atoms with Crippen LogP contribution in [0, 0.1) is 0 Å². The number of aliphatic hydroxyl groups excluding tert-OH is 1. The van der Waals surface area contributed by atoms with Gasteiger partial charge in [-0.15, -0.1) is 0 Å². The minimum Gasteiger partial charge on any atom is -0.393 e. The van der Waals surface area contributed by atoms with Gasteiger partial charge in [0.05, 0.1) is 12.7 Å². The van der Waals surface area contributed by atoms with Crippen molar-refractivity contribution in [3.8, 4) is 0 Å². The molecule has 1 unspecified atom stereocenters. The number of likely N-dealkylation sites (N-methyl/N-ethyl adjacent to an activating group) is 1. The monoisotopic (exact) mass is 242 g/mol. The lowest BCUT2D eigenvalue weighted by atomic mass is 10.3. The largest absolute Gasteiger partial charge is 0.393 e. The van der Waals surface area contributed by atoms with Crippen LogP contribution in [0.2, 0.25) is 0 Å². The summed E-state index contributed by atoms with van der Waals surface area (Å²) in [7, 11) is 2.95. The third-order valence-corrected chi connectivity index (χ3v) is 2.01. The van der Waals surface area contributed by atoms with Crippen molar-refractivity contribution in [2.45, 2.75) is 13.0 Å². The normalized spacial score (nSPS) is 13.5. The summed E-state index contributed by atoms with van der Waals surface area (Å²) in [6.07, 6.45) is 4.39. The van der Waals surface area contributed by atoms with Crippen molar-refractivity contribution < 1.29 is 19.4 Å². The number of carbonyl (C=O) groups excluding carboxylic acids is 2. The van der Waals surface area contributed by atoms with Crippen LogP contribution in [0.15, 0.2) is 24.0 Å². The van der Waals surface area contributed by atoms with Gasteiger partial charge in [-0.3, -0.25) is 14.5 Å². The minimum atomic E-state index is -0.480. The van der Waals surface area contributed by atoms with E-state index in [4.69, 9.17) is 9.84 Å². The lowest BCUT2D eigenvalue weighted by Gasteiger charge is -2.10. The highest BCUT2D eigenvalue weighted by Gasteiger charge is 2.03. The van der Waals surface area contributed by atoms with Crippen LogP contribution in [-0.4, -0.2) is 49.2 Å². The van der Waals surface area contributed by atoms with Crippen LogP contribution in [0.4, 0.5) is 0 Å². The average molecular weight is 242 g/mol. The van der Waals surface area contributed by atoms with E-state index in [1.54, 1.807) is 6.92 Å². The highest BCUT2D eigenvalue weighted by molar-refractivity contribution is 5.92. The maximum atomic E-state index is 11.2. The van der Waals surface area contributed by atoms with Gasteiger partial charge in [-0.1, -0.05) is 0 Å². The molecule has 1 atom stereocenters. The number of hydrogen-bond acceptors (Lipinski definition) is 4. The fourth-order valence-electron chi connectivity index (χ4n) is 0.997. The summed E-state index contributed by atoms with van der Waals surface area (Å²) >= 11 is 0. The molecule has 2 N–H and O–H groups in total. The third-order valence-electron chi connectivity index (χ3n) is 2.01. The van der Waals surface area contributed by atoms with Crippen molar-refractivity contribution in [2.75, 3.05) is 20.8 Å². The number of nitrogens with zero attached hydrogens (tertiary/aromatic N) is 1. The van der Waals surface area contributed by atoms with Crippen LogP contribution in [0.1, 0.15) is 6.92 Å². The van der Waals surface area contributed by atoms with Gasteiger partial charge in [0.2, 0.25) is 12.3 Å². The fourth-order valence-corrected chi connectivity index (χ4v) is 0.997. The highest BCUT2D eigenvalue weighted by Crippen LogP contribution is 1.99. The topological polar surface area (TPSA) is 78.9 Å². The predicted molar refractivity (Wildman–Crippen MR) is 62.7 cm³/mol. The third kappa shape index (κ3) is 5.84. The molecule has 0 aromatic heterocycles. The Balaban J connectivity index is 4.64. The fraction of sp³-hybridized carbons (Fsp3) is 0.455. The standard InChI is InChI=1S/C11H18N2O4/c1-9(11(16)12-2)6-13(8-15)5-4-10(7-14)17-3/h4-6,8,10,14H,7H2,1-3H3,(H,12,16)/b5-4-,9-6-. The number of ether oxygens (including phenoxy) is 1. The van der Waals surface area contributed by atoms with E-state index in [1.165, 1.54) is 37.5 Å². The molecule has 0 spiro atoms. The van der Waals surface area contributed by atoms with Crippen molar-refractivity contribution in [1.82, 2.24) is 10.2 Å². The zero-order valence-electron chi connectivity index (χ0n) is 10.2. The van der Waals surface area contributed by atoms with E-state index in [-0.39, 0.29) is 12.5 Å². The molecule has 0 aromatic carbocycles. The molecule has 0 rings (SSSR count). The first-order valence-corrected chi connectivity index (χ1v) is 5.04. The summed E-state index contributed by atoms with van der Waals surface area (Å²) in [4.78, 5) is 23.1. The lowest BCUT2D eigenvalue weighted by molar-refractivity contribution is -0.117. The van der Waals surface area contributed by atoms with E-state index in [0.29, 0.717) is 12.0 Å². The number of hydrogen-bond donors (Lipinski definition) is 2. The van der Waals surface area contributed by atoms with Crippen LogP contribution in [-0.2, 0) is 14.3 Å². The summed E-state index contributed by atoms with van der Waals surface area (Å²) in [5, 5.41) is 11.3. The molecule has 0 bridgehead atoms. The second kappa shape index (κ2) is 8.49. The molecular formula is C11H18N2O4. The van der Waals surface area contributed by atoms with E-state index in [2.05, 4.69) is 5.32 Å². The Bertz CT molecular complexity index is 309. The van der Waals surface area contributed by atoms with E-state index < -0.39 is 6.10 Å². The Labute approximate surface area is 101 Å². The van der Waals surface area contributed by atoms with Gasteiger partial charge in [0.15, 0.2) is 0 Å². The van der Waals surface area contributed by atoms with Crippen LogP contribution < -0.4 is 5.32 Å². The molecule has 17 heavy (non-hydrogen) atoms. The summed E-state index contributed by atoms with van der Waals surface area (Å²) in [6.45, 7) is 1.40. The quantitative estimate of drug-likeness (QED) is 0.471. The Morgan fingerprint density at radius 3 is 2.65 bits per heavy atom. The number of methoxy groups -OCH3 is 1. The molecule has 0 radical (unpaired) electrons. The molecule has 0 saturated carbocycles. The molecule has 96 valence electrons. The zero-order chi connectivity index (χ0) is 13.3. The van der Waals surface area contributed by atoms with Crippen molar-refractivity contribution in [3.63, 3.8) is 0 Å². The molecule has 2 amide bonds. The number of carbonyl (C=O) groups is 2. The SMILES string of the molecule is CNC(=O)/C(C)=C\N(C=O)/C=C\C(CO)OC. The van der Waals surface area contributed by atoms with Crippen LogP contribution >= 0.6 is 0 Å². The molecule has 6 heteroatoms.